The number of nitrogens with zero attached hydrogens (tertiary/aromatic N) is 3. The first-order valence-electron chi connectivity index (χ1n) is 8.88. The summed E-state index contributed by atoms with van der Waals surface area (Å²) >= 11 is 0. The molecule has 4 nitrogen and oxygen atoms in total. The van der Waals surface area contributed by atoms with Gasteiger partial charge in [0.25, 0.3) is 0 Å². The summed E-state index contributed by atoms with van der Waals surface area (Å²) in [6.45, 7) is 9.85. The first-order valence-corrected chi connectivity index (χ1v) is 8.88. The second-order valence-corrected chi connectivity index (χ2v) is 6.50. The Bertz CT molecular complexity index is 502. The minimum absolute atomic E-state index is 0.197. The van der Waals surface area contributed by atoms with Gasteiger partial charge < -0.3 is 15.1 Å². The number of nitrogens with one attached hydrogen (secondary N) is 1. The smallest absolute Gasteiger partial charge is 0.193 e. The molecule has 24 heavy (non-hydrogen) atoms. The van der Waals surface area contributed by atoms with Gasteiger partial charge in [-0.1, -0.05) is 12.1 Å². The van der Waals surface area contributed by atoms with Crippen LogP contribution in [0, 0.1) is 5.82 Å². The van der Waals surface area contributed by atoms with Crippen molar-refractivity contribution in [1.29, 1.82) is 0 Å². The fourth-order valence-electron chi connectivity index (χ4n) is 2.37. The molecule has 0 amide bonds. The van der Waals surface area contributed by atoms with Gasteiger partial charge in [0.05, 0.1) is 0 Å². The molecule has 0 atom stereocenters. The van der Waals surface area contributed by atoms with E-state index in [4.69, 9.17) is 4.99 Å². The van der Waals surface area contributed by atoms with Crippen molar-refractivity contribution in [2.24, 2.45) is 4.99 Å². The van der Waals surface area contributed by atoms with Crippen LogP contribution in [0.3, 0.4) is 0 Å². The Kier molecular flexibility index (Phi) is 9.38. The Morgan fingerprint density at radius 2 is 2.00 bits per heavy atom. The molecule has 0 aliphatic carbocycles. The normalized spacial score (nSPS) is 12.1. The molecule has 1 aromatic carbocycles. The Morgan fingerprint density at radius 1 is 1.25 bits per heavy atom. The lowest BCUT2D eigenvalue weighted by atomic mass is 10.2. The first-order chi connectivity index (χ1) is 11.4. The van der Waals surface area contributed by atoms with Crippen molar-refractivity contribution < 1.29 is 4.39 Å². The van der Waals surface area contributed by atoms with Crippen molar-refractivity contribution in [2.45, 2.75) is 46.2 Å². The highest BCUT2D eigenvalue weighted by Gasteiger charge is 2.07. The van der Waals surface area contributed by atoms with Gasteiger partial charge in [-0.2, -0.15) is 0 Å². The van der Waals surface area contributed by atoms with Gasteiger partial charge in [-0.15, -0.1) is 0 Å². The van der Waals surface area contributed by atoms with Gasteiger partial charge in [-0.05, 0) is 64.9 Å². The minimum atomic E-state index is -0.197. The maximum atomic E-state index is 13.3. The lowest BCUT2D eigenvalue weighted by Gasteiger charge is -2.22. The second-order valence-electron chi connectivity index (χ2n) is 6.50. The summed E-state index contributed by atoms with van der Waals surface area (Å²) in [5.41, 5.74) is 0.946. The maximum Gasteiger partial charge on any atom is 0.193 e. The molecule has 0 spiro atoms. The summed E-state index contributed by atoms with van der Waals surface area (Å²) in [7, 11) is 4.14. The highest BCUT2D eigenvalue weighted by atomic mass is 19.1. The SMILES string of the molecule is CCNC(=NCCCCN(C)C(C)C)N(C)Cc1cccc(F)c1. The van der Waals surface area contributed by atoms with E-state index in [9.17, 15) is 4.39 Å². The molecule has 0 fully saturated rings. The molecular weight excluding hydrogens is 303 g/mol. The molecular formula is C19H33FN4. The van der Waals surface area contributed by atoms with Crippen molar-refractivity contribution in [2.75, 3.05) is 33.7 Å². The van der Waals surface area contributed by atoms with Crippen LogP contribution in [0.2, 0.25) is 0 Å². The maximum absolute atomic E-state index is 13.3. The van der Waals surface area contributed by atoms with E-state index >= 15 is 0 Å². The third-order valence-electron chi connectivity index (χ3n) is 4.07. The summed E-state index contributed by atoms with van der Waals surface area (Å²) in [5, 5.41) is 3.31. The van der Waals surface area contributed by atoms with Gasteiger partial charge in [0, 0.05) is 32.7 Å². The van der Waals surface area contributed by atoms with Gasteiger partial charge in [0.2, 0.25) is 0 Å². The van der Waals surface area contributed by atoms with Crippen molar-refractivity contribution in [3.8, 4) is 0 Å². The van der Waals surface area contributed by atoms with Gasteiger partial charge in [0.1, 0.15) is 5.82 Å². The molecule has 0 aliphatic heterocycles. The number of halogens is 1. The largest absolute Gasteiger partial charge is 0.357 e. The van der Waals surface area contributed by atoms with Gasteiger partial charge in [0.15, 0.2) is 5.96 Å². The summed E-state index contributed by atoms with van der Waals surface area (Å²) in [6, 6.07) is 7.31. The molecule has 1 N–H and O–H groups in total. The molecule has 0 heterocycles. The van der Waals surface area contributed by atoms with Crippen molar-refractivity contribution in [3.63, 3.8) is 0 Å². The van der Waals surface area contributed by atoms with Crippen LogP contribution in [0.25, 0.3) is 0 Å². The van der Waals surface area contributed by atoms with E-state index in [-0.39, 0.29) is 5.82 Å². The van der Waals surface area contributed by atoms with E-state index in [0.717, 1.165) is 44.0 Å². The zero-order chi connectivity index (χ0) is 17.9. The quantitative estimate of drug-likeness (QED) is 0.426. The zero-order valence-corrected chi connectivity index (χ0v) is 15.8. The molecule has 0 radical (unpaired) electrons. The Balaban J connectivity index is 2.49. The van der Waals surface area contributed by atoms with Crippen molar-refractivity contribution >= 4 is 5.96 Å². The van der Waals surface area contributed by atoms with Crippen LogP contribution in [-0.4, -0.2) is 55.5 Å². The Labute approximate surface area is 146 Å². The van der Waals surface area contributed by atoms with E-state index in [1.54, 1.807) is 12.1 Å². The molecule has 0 saturated heterocycles. The zero-order valence-electron chi connectivity index (χ0n) is 15.8. The van der Waals surface area contributed by atoms with E-state index in [2.05, 4.69) is 38.0 Å². The number of hydrogen-bond donors (Lipinski definition) is 1. The number of guanidine groups is 1. The molecule has 1 rings (SSSR count). The molecule has 0 aliphatic rings. The summed E-state index contributed by atoms with van der Waals surface area (Å²) in [5.74, 6) is 0.677. The van der Waals surface area contributed by atoms with Crippen LogP contribution in [-0.2, 0) is 6.54 Å². The van der Waals surface area contributed by atoms with Crippen LogP contribution in [0.5, 0.6) is 0 Å². The number of benzene rings is 1. The van der Waals surface area contributed by atoms with E-state index in [1.165, 1.54) is 6.07 Å². The summed E-state index contributed by atoms with van der Waals surface area (Å²) in [6.07, 6.45) is 2.21. The Hall–Kier alpha value is -1.62. The predicted octanol–water partition coefficient (Wildman–Crippen LogP) is 3.34. The lowest BCUT2D eigenvalue weighted by Crippen LogP contribution is -2.38. The number of aliphatic imine (C=N–C) groups is 1. The van der Waals surface area contributed by atoms with Crippen LogP contribution in [0.4, 0.5) is 4.39 Å². The molecule has 0 aromatic heterocycles. The lowest BCUT2D eigenvalue weighted by molar-refractivity contribution is 0.269. The third-order valence-corrected chi connectivity index (χ3v) is 4.07. The van der Waals surface area contributed by atoms with Crippen LogP contribution in [0.1, 0.15) is 39.2 Å². The van der Waals surface area contributed by atoms with Crippen molar-refractivity contribution in [1.82, 2.24) is 15.1 Å². The first kappa shape index (κ1) is 20.4. The second kappa shape index (κ2) is 11.0. The summed E-state index contributed by atoms with van der Waals surface area (Å²) < 4.78 is 13.3. The van der Waals surface area contributed by atoms with E-state index in [1.807, 2.05) is 18.0 Å². The van der Waals surface area contributed by atoms with Crippen LogP contribution < -0.4 is 5.32 Å². The van der Waals surface area contributed by atoms with Crippen molar-refractivity contribution in [3.05, 3.63) is 35.6 Å². The molecule has 136 valence electrons. The van der Waals surface area contributed by atoms with Gasteiger partial charge in [-0.3, -0.25) is 4.99 Å². The fraction of sp³-hybridized carbons (Fsp3) is 0.632. The summed E-state index contributed by atoms with van der Waals surface area (Å²) in [4.78, 5) is 9.09. The monoisotopic (exact) mass is 336 g/mol. The highest BCUT2D eigenvalue weighted by molar-refractivity contribution is 5.79. The number of unbranched alkanes of at least 4 members (excludes halogenated alkanes) is 1. The molecule has 0 unspecified atom stereocenters. The highest BCUT2D eigenvalue weighted by Crippen LogP contribution is 2.06. The van der Waals surface area contributed by atoms with E-state index in [0.29, 0.717) is 12.6 Å². The average Bonchev–Trinajstić information content (AvgIpc) is 2.53. The molecule has 1 aromatic rings. The van der Waals surface area contributed by atoms with Crippen LogP contribution >= 0.6 is 0 Å². The van der Waals surface area contributed by atoms with Gasteiger partial charge in [-0.25, -0.2) is 4.39 Å². The van der Waals surface area contributed by atoms with Crippen LogP contribution in [0.15, 0.2) is 29.3 Å². The van der Waals surface area contributed by atoms with E-state index < -0.39 is 0 Å². The standard InChI is InChI=1S/C19H33FN4/c1-6-21-19(22-12-7-8-13-23(4)16(2)3)24(5)15-17-10-9-11-18(20)14-17/h9-11,14,16H,6-8,12-13,15H2,1-5H3,(H,21,22). The average molecular weight is 336 g/mol. The fourth-order valence-corrected chi connectivity index (χ4v) is 2.37. The molecule has 5 heteroatoms. The number of hydrogen-bond acceptors (Lipinski definition) is 2. The van der Waals surface area contributed by atoms with Gasteiger partial charge >= 0.3 is 0 Å². The predicted molar refractivity (Wildman–Crippen MR) is 101 cm³/mol. The third kappa shape index (κ3) is 7.77. The number of rotatable bonds is 9. The molecule has 0 saturated carbocycles. The molecule has 0 bridgehead atoms. The minimum Gasteiger partial charge on any atom is -0.357 e. The topological polar surface area (TPSA) is 30.9 Å². The Morgan fingerprint density at radius 3 is 2.62 bits per heavy atom.